The molecular weight excluding hydrogens is 310 g/mol. The van der Waals surface area contributed by atoms with Crippen LogP contribution in [0.2, 0.25) is 0 Å². The van der Waals surface area contributed by atoms with Crippen molar-refractivity contribution in [3.05, 3.63) is 54.1 Å². The monoisotopic (exact) mass is 331 g/mol. The summed E-state index contributed by atoms with van der Waals surface area (Å²) in [6.45, 7) is 0.646. The molecule has 0 fully saturated rings. The zero-order chi connectivity index (χ0) is 16.5. The van der Waals surface area contributed by atoms with Crippen LogP contribution in [0.5, 0.6) is 11.5 Å². The fraction of sp³-hybridized carbons (Fsp3) is 0.278. The summed E-state index contributed by atoms with van der Waals surface area (Å²) in [7, 11) is 3.13. The summed E-state index contributed by atoms with van der Waals surface area (Å²) in [5, 5.41) is 2.93. The van der Waals surface area contributed by atoms with Gasteiger partial charge in [0.15, 0.2) is 11.5 Å². The van der Waals surface area contributed by atoms with E-state index >= 15 is 0 Å². The molecule has 0 radical (unpaired) electrons. The molecule has 122 valence electrons. The van der Waals surface area contributed by atoms with Crippen LogP contribution in [0.25, 0.3) is 0 Å². The Bertz CT molecular complexity index is 631. The molecule has 5 heteroatoms. The molecule has 2 rings (SSSR count). The fourth-order valence-electron chi connectivity index (χ4n) is 2.06. The van der Waals surface area contributed by atoms with Gasteiger partial charge in [-0.25, -0.2) is 0 Å². The molecular formula is C18H21NO3S. The summed E-state index contributed by atoms with van der Waals surface area (Å²) in [5.74, 6) is 2.04. The average Bonchev–Trinajstić information content (AvgIpc) is 2.61. The van der Waals surface area contributed by atoms with E-state index in [4.69, 9.17) is 9.47 Å². The van der Waals surface area contributed by atoms with Crippen molar-refractivity contribution >= 4 is 17.7 Å². The Kier molecular flexibility index (Phi) is 6.81. The van der Waals surface area contributed by atoms with Gasteiger partial charge in [0.25, 0.3) is 5.91 Å². The second-order valence-electron chi connectivity index (χ2n) is 4.84. The quantitative estimate of drug-likeness (QED) is 0.593. The van der Waals surface area contributed by atoms with Gasteiger partial charge in [-0.3, -0.25) is 4.79 Å². The maximum absolute atomic E-state index is 12.1. The second-order valence-corrected chi connectivity index (χ2v) is 6.01. The molecule has 0 aliphatic heterocycles. The van der Waals surface area contributed by atoms with Gasteiger partial charge in [-0.05, 0) is 42.5 Å². The van der Waals surface area contributed by atoms with Crippen molar-refractivity contribution in [1.29, 1.82) is 0 Å². The highest BCUT2D eigenvalue weighted by Gasteiger charge is 2.10. The fourth-order valence-corrected chi connectivity index (χ4v) is 2.93. The normalized spacial score (nSPS) is 10.2. The van der Waals surface area contributed by atoms with Crippen molar-refractivity contribution in [3.8, 4) is 11.5 Å². The highest BCUT2D eigenvalue weighted by molar-refractivity contribution is 7.99. The van der Waals surface area contributed by atoms with Gasteiger partial charge in [-0.15, -0.1) is 11.8 Å². The number of thioether (sulfide) groups is 1. The van der Waals surface area contributed by atoms with E-state index in [2.05, 4.69) is 17.4 Å². The molecule has 0 heterocycles. The van der Waals surface area contributed by atoms with Crippen LogP contribution < -0.4 is 14.8 Å². The number of carbonyl (C=O) groups excluding carboxylic acids is 1. The maximum Gasteiger partial charge on any atom is 0.251 e. The predicted octanol–water partition coefficient (Wildman–Crippen LogP) is 3.62. The Morgan fingerprint density at radius 1 is 1.04 bits per heavy atom. The van der Waals surface area contributed by atoms with Crippen LogP contribution in [0.15, 0.2) is 53.4 Å². The Morgan fingerprint density at radius 3 is 2.48 bits per heavy atom. The summed E-state index contributed by atoms with van der Waals surface area (Å²) in [4.78, 5) is 13.4. The van der Waals surface area contributed by atoms with Gasteiger partial charge < -0.3 is 14.8 Å². The average molecular weight is 331 g/mol. The highest BCUT2D eigenvalue weighted by atomic mass is 32.2. The molecule has 23 heavy (non-hydrogen) atoms. The predicted molar refractivity (Wildman–Crippen MR) is 93.7 cm³/mol. The van der Waals surface area contributed by atoms with Crippen molar-refractivity contribution in [2.75, 3.05) is 26.5 Å². The molecule has 0 bridgehead atoms. The van der Waals surface area contributed by atoms with E-state index in [1.165, 1.54) is 4.90 Å². The summed E-state index contributed by atoms with van der Waals surface area (Å²) >= 11 is 1.79. The first-order valence-corrected chi connectivity index (χ1v) is 8.41. The van der Waals surface area contributed by atoms with Crippen molar-refractivity contribution in [2.24, 2.45) is 0 Å². The molecule has 1 amide bonds. The third kappa shape index (κ3) is 5.21. The lowest BCUT2D eigenvalue weighted by Crippen LogP contribution is -2.24. The second kappa shape index (κ2) is 9.10. The van der Waals surface area contributed by atoms with E-state index in [9.17, 15) is 4.79 Å². The Hall–Kier alpha value is -2.14. The van der Waals surface area contributed by atoms with Gasteiger partial charge in [0.2, 0.25) is 0 Å². The van der Waals surface area contributed by atoms with Gasteiger partial charge in [0.05, 0.1) is 14.2 Å². The number of carbonyl (C=O) groups is 1. The standard InChI is InChI=1S/C18H21NO3S/c1-21-16-10-9-14(13-17(16)22-2)18(20)19-11-6-12-23-15-7-4-3-5-8-15/h3-5,7-10,13H,6,11-12H2,1-2H3,(H,19,20). The van der Waals surface area contributed by atoms with Crippen LogP contribution in [0.4, 0.5) is 0 Å². The van der Waals surface area contributed by atoms with Crippen LogP contribution in [0.3, 0.4) is 0 Å². The number of nitrogens with one attached hydrogen (secondary N) is 1. The van der Waals surface area contributed by atoms with Crippen LogP contribution >= 0.6 is 11.8 Å². The van der Waals surface area contributed by atoms with E-state index in [0.29, 0.717) is 23.6 Å². The molecule has 2 aromatic rings. The molecule has 0 saturated carbocycles. The van der Waals surface area contributed by atoms with E-state index in [1.807, 2.05) is 18.2 Å². The number of methoxy groups -OCH3 is 2. The molecule has 0 spiro atoms. The summed E-state index contributed by atoms with van der Waals surface area (Å²) in [6, 6.07) is 15.4. The smallest absolute Gasteiger partial charge is 0.251 e. The van der Waals surface area contributed by atoms with Crippen molar-refractivity contribution < 1.29 is 14.3 Å². The zero-order valence-corrected chi connectivity index (χ0v) is 14.2. The first-order valence-electron chi connectivity index (χ1n) is 7.42. The topological polar surface area (TPSA) is 47.6 Å². The SMILES string of the molecule is COc1ccc(C(=O)NCCCSc2ccccc2)cc1OC. The number of hydrogen-bond acceptors (Lipinski definition) is 4. The minimum Gasteiger partial charge on any atom is -0.493 e. The summed E-state index contributed by atoms with van der Waals surface area (Å²) in [5.41, 5.74) is 0.568. The van der Waals surface area contributed by atoms with Crippen LogP contribution in [-0.2, 0) is 0 Å². The van der Waals surface area contributed by atoms with Gasteiger partial charge >= 0.3 is 0 Å². The summed E-state index contributed by atoms with van der Waals surface area (Å²) in [6.07, 6.45) is 0.915. The molecule has 0 aromatic heterocycles. The van der Waals surface area contributed by atoms with Crippen molar-refractivity contribution in [1.82, 2.24) is 5.32 Å². The maximum atomic E-state index is 12.1. The number of ether oxygens (including phenoxy) is 2. The zero-order valence-electron chi connectivity index (χ0n) is 13.4. The van der Waals surface area contributed by atoms with Crippen LogP contribution in [-0.4, -0.2) is 32.4 Å². The van der Waals surface area contributed by atoms with E-state index in [1.54, 1.807) is 44.2 Å². The number of hydrogen-bond donors (Lipinski definition) is 1. The number of rotatable bonds is 8. The molecule has 2 aromatic carbocycles. The molecule has 1 N–H and O–H groups in total. The lowest BCUT2D eigenvalue weighted by Gasteiger charge is -2.10. The Morgan fingerprint density at radius 2 is 1.78 bits per heavy atom. The molecule has 0 aliphatic carbocycles. The van der Waals surface area contributed by atoms with Gasteiger partial charge in [-0.2, -0.15) is 0 Å². The third-order valence-corrected chi connectivity index (χ3v) is 4.36. The highest BCUT2D eigenvalue weighted by Crippen LogP contribution is 2.27. The van der Waals surface area contributed by atoms with E-state index in [-0.39, 0.29) is 5.91 Å². The summed E-state index contributed by atoms with van der Waals surface area (Å²) < 4.78 is 10.4. The van der Waals surface area contributed by atoms with Gasteiger partial charge in [-0.1, -0.05) is 18.2 Å². The van der Waals surface area contributed by atoms with Gasteiger partial charge in [0, 0.05) is 17.0 Å². The number of amides is 1. The van der Waals surface area contributed by atoms with Crippen molar-refractivity contribution in [3.63, 3.8) is 0 Å². The lowest BCUT2D eigenvalue weighted by molar-refractivity contribution is 0.0953. The molecule has 0 aliphatic rings. The molecule has 0 atom stereocenters. The lowest BCUT2D eigenvalue weighted by atomic mass is 10.2. The third-order valence-electron chi connectivity index (χ3n) is 3.26. The Balaban J connectivity index is 1.76. The first-order chi connectivity index (χ1) is 11.2. The molecule has 4 nitrogen and oxygen atoms in total. The molecule has 0 unspecified atom stereocenters. The van der Waals surface area contributed by atoms with Gasteiger partial charge in [0.1, 0.15) is 0 Å². The van der Waals surface area contributed by atoms with Crippen molar-refractivity contribution in [2.45, 2.75) is 11.3 Å². The van der Waals surface area contributed by atoms with E-state index in [0.717, 1.165) is 12.2 Å². The number of benzene rings is 2. The first kappa shape index (κ1) is 17.2. The van der Waals surface area contributed by atoms with E-state index < -0.39 is 0 Å². The van der Waals surface area contributed by atoms with Crippen LogP contribution in [0, 0.1) is 0 Å². The minimum atomic E-state index is -0.101. The minimum absolute atomic E-state index is 0.101. The Labute approximate surface area is 141 Å². The molecule has 0 saturated heterocycles. The largest absolute Gasteiger partial charge is 0.493 e. The van der Waals surface area contributed by atoms with Crippen LogP contribution in [0.1, 0.15) is 16.8 Å².